The third kappa shape index (κ3) is 5.10. The third-order valence-corrected chi connectivity index (χ3v) is 5.90. The van der Waals surface area contributed by atoms with Crippen LogP contribution in [0.15, 0.2) is 70.0 Å². The van der Waals surface area contributed by atoms with Gasteiger partial charge in [0.15, 0.2) is 0 Å². The van der Waals surface area contributed by atoms with E-state index in [9.17, 15) is 8.42 Å². The summed E-state index contributed by atoms with van der Waals surface area (Å²) in [5, 5.41) is 12.7. The zero-order valence-corrected chi connectivity index (χ0v) is 17.0. The number of benzene rings is 2. The molecule has 2 aromatic carbocycles. The molecular formula is C19H19N5O2S2. The summed E-state index contributed by atoms with van der Waals surface area (Å²) in [5.74, 6) is 0. The summed E-state index contributed by atoms with van der Waals surface area (Å²) in [6.07, 6.45) is 3.80. The van der Waals surface area contributed by atoms with Gasteiger partial charge in [0, 0.05) is 25.3 Å². The van der Waals surface area contributed by atoms with Crippen molar-refractivity contribution in [3.05, 3.63) is 71.8 Å². The van der Waals surface area contributed by atoms with Crippen molar-refractivity contribution in [2.45, 2.75) is 4.34 Å². The molecule has 0 fully saturated rings. The Hall–Kier alpha value is -2.88. The minimum atomic E-state index is -3.90. The zero-order valence-electron chi connectivity index (χ0n) is 15.4. The highest BCUT2D eigenvalue weighted by Gasteiger charge is 2.15. The van der Waals surface area contributed by atoms with Crippen LogP contribution in [0.4, 0.5) is 10.8 Å². The monoisotopic (exact) mass is 413 g/mol. The fourth-order valence-corrected chi connectivity index (χ4v) is 3.64. The van der Waals surface area contributed by atoms with Crippen LogP contribution in [0.3, 0.4) is 0 Å². The number of hydrogen-bond acceptors (Lipinski definition) is 7. The van der Waals surface area contributed by atoms with Crippen molar-refractivity contribution in [2.24, 2.45) is 10.1 Å². The third-order valence-electron chi connectivity index (χ3n) is 3.77. The van der Waals surface area contributed by atoms with Gasteiger partial charge in [0.05, 0.1) is 5.71 Å². The van der Waals surface area contributed by atoms with E-state index in [2.05, 4.69) is 15.2 Å². The minimum Gasteiger partial charge on any atom is -0.378 e. The maximum atomic E-state index is 11.4. The van der Waals surface area contributed by atoms with E-state index in [4.69, 9.17) is 5.14 Å². The molecule has 0 unspecified atom stereocenters. The molecule has 7 nitrogen and oxygen atoms in total. The van der Waals surface area contributed by atoms with Gasteiger partial charge in [-0.3, -0.25) is 0 Å². The Balaban J connectivity index is 1.95. The Labute approximate surface area is 167 Å². The van der Waals surface area contributed by atoms with E-state index in [1.54, 1.807) is 0 Å². The van der Waals surface area contributed by atoms with Crippen molar-refractivity contribution in [1.82, 2.24) is 10.2 Å². The molecule has 3 aromatic rings. The molecule has 2 N–H and O–H groups in total. The molecule has 144 valence electrons. The Kier molecular flexibility index (Phi) is 5.98. The summed E-state index contributed by atoms with van der Waals surface area (Å²) < 4.78 is 22.6. The second-order valence-electron chi connectivity index (χ2n) is 6.08. The number of anilines is 1. The fourth-order valence-electron chi connectivity index (χ4n) is 2.33. The van der Waals surface area contributed by atoms with Gasteiger partial charge in [0.1, 0.15) is 0 Å². The molecule has 1 heterocycles. The van der Waals surface area contributed by atoms with Gasteiger partial charge in [0.25, 0.3) is 10.0 Å². The normalized spacial score (nSPS) is 12.5. The smallest absolute Gasteiger partial charge is 0.267 e. The Morgan fingerprint density at radius 3 is 2.32 bits per heavy atom. The lowest BCUT2D eigenvalue weighted by molar-refractivity contribution is 0.596. The number of rotatable bonds is 6. The van der Waals surface area contributed by atoms with Gasteiger partial charge in [-0.25, -0.2) is 18.5 Å². The molecule has 1 aromatic heterocycles. The second kappa shape index (κ2) is 8.42. The summed E-state index contributed by atoms with van der Waals surface area (Å²) in [6.45, 7) is 0. The Morgan fingerprint density at radius 2 is 1.75 bits per heavy atom. The lowest BCUT2D eigenvalue weighted by Gasteiger charge is -2.11. The van der Waals surface area contributed by atoms with Crippen LogP contribution in [0.5, 0.6) is 0 Å². The quantitative estimate of drug-likeness (QED) is 0.626. The molecular weight excluding hydrogens is 394 g/mol. The molecule has 0 aliphatic heterocycles. The molecule has 9 heteroatoms. The van der Waals surface area contributed by atoms with E-state index in [1.165, 1.54) is 0 Å². The van der Waals surface area contributed by atoms with Gasteiger partial charge in [-0.05, 0) is 23.8 Å². The number of aromatic nitrogens is 2. The van der Waals surface area contributed by atoms with Crippen molar-refractivity contribution in [2.75, 3.05) is 19.0 Å². The number of nitrogens with zero attached hydrogens (tertiary/aromatic N) is 4. The van der Waals surface area contributed by atoms with Crippen LogP contribution in [0.1, 0.15) is 11.1 Å². The predicted octanol–water partition coefficient (Wildman–Crippen LogP) is 3.09. The molecule has 0 radical (unpaired) electrons. The number of aliphatic imine (C=N–C) groups is 1. The maximum absolute atomic E-state index is 11.4. The van der Waals surface area contributed by atoms with Gasteiger partial charge in [-0.1, -0.05) is 59.9 Å². The first kappa shape index (κ1) is 19.9. The van der Waals surface area contributed by atoms with Crippen molar-refractivity contribution >= 4 is 44.0 Å². The molecule has 0 amide bonds. The molecule has 0 saturated heterocycles. The lowest BCUT2D eigenvalue weighted by Crippen LogP contribution is -2.11. The highest BCUT2D eigenvalue weighted by molar-refractivity contribution is 7.91. The van der Waals surface area contributed by atoms with Crippen LogP contribution in [0.25, 0.3) is 6.08 Å². The number of hydrogen-bond donors (Lipinski definition) is 1. The lowest BCUT2D eigenvalue weighted by atomic mass is 10.1. The average molecular weight is 414 g/mol. The number of primary sulfonamides is 1. The van der Waals surface area contributed by atoms with E-state index in [0.29, 0.717) is 5.71 Å². The molecule has 0 atom stereocenters. The van der Waals surface area contributed by atoms with Crippen LogP contribution in [-0.2, 0) is 10.0 Å². The number of sulfonamides is 1. The fraction of sp³-hybridized carbons (Fsp3) is 0.105. The van der Waals surface area contributed by atoms with Gasteiger partial charge < -0.3 is 4.90 Å². The number of allylic oxidation sites excluding steroid dienone is 1. The Bertz CT molecular complexity index is 1100. The molecule has 3 rings (SSSR count). The first-order valence-corrected chi connectivity index (χ1v) is 10.6. The average Bonchev–Trinajstić information content (AvgIpc) is 3.15. The van der Waals surface area contributed by atoms with E-state index in [1.807, 2.05) is 85.7 Å². The predicted molar refractivity (Wildman–Crippen MR) is 114 cm³/mol. The molecule has 0 aliphatic carbocycles. The van der Waals surface area contributed by atoms with Crippen LogP contribution in [-0.4, -0.2) is 38.4 Å². The topological polar surface area (TPSA) is 102 Å². The largest absolute Gasteiger partial charge is 0.378 e. The van der Waals surface area contributed by atoms with Gasteiger partial charge in [0.2, 0.25) is 9.47 Å². The maximum Gasteiger partial charge on any atom is 0.267 e. The van der Waals surface area contributed by atoms with Crippen LogP contribution < -0.4 is 10.0 Å². The van der Waals surface area contributed by atoms with Crippen molar-refractivity contribution in [3.63, 3.8) is 0 Å². The summed E-state index contributed by atoms with van der Waals surface area (Å²) in [6, 6.07) is 17.6. The van der Waals surface area contributed by atoms with Crippen molar-refractivity contribution in [1.29, 1.82) is 0 Å². The standard InChI is InChI=1S/C19H19N5O2S2/c1-24(2)16-11-8-14(9-12-16)10-13-17(15-6-4-3-5-7-15)21-18-22-23-19(27-18)28(20,25)26/h3-13H,1-2H3,(H2,20,25,26). The van der Waals surface area contributed by atoms with Crippen molar-refractivity contribution in [3.8, 4) is 0 Å². The van der Waals surface area contributed by atoms with Crippen LogP contribution in [0, 0.1) is 0 Å². The first-order chi connectivity index (χ1) is 13.3. The van der Waals surface area contributed by atoms with Gasteiger partial charge in [-0.15, -0.1) is 10.2 Å². The van der Waals surface area contributed by atoms with Gasteiger partial charge in [-0.2, -0.15) is 0 Å². The zero-order chi connectivity index (χ0) is 20.1. The SMILES string of the molecule is CN(C)c1ccc(C=CC(=Nc2nnc(S(N)(=O)=O)s2)c2ccccc2)cc1. The van der Waals surface area contributed by atoms with Crippen LogP contribution in [0.2, 0.25) is 0 Å². The minimum absolute atomic E-state index is 0.218. The van der Waals surface area contributed by atoms with Crippen LogP contribution >= 0.6 is 11.3 Å². The highest BCUT2D eigenvalue weighted by atomic mass is 32.2. The first-order valence-electron chi connectivity index (χ1n) is 8.29. The summed E-state index contributed by atoms with van der Waals surface area (Å²) in [7, 11) is 0.0827. The molecule has 0 aliphatic rings. The number of nitrogens with two attached hydrogens (primary N) is 1. The second-order valence-corrected chi connectivity index (χ2v) is 8.77. The molecule has 0 spiro atoms. The summed E-state index contributed by atoms with van der Waals surface area (Å²) in [5.41, 5.74) is 3.63. The summed E-state index contributed by atoms with van der Waals surface area (Å²) in [4.78, 5) is 6.50. The van der Waals surface area contributed by atoms with E-state index in [0.717, 1.165) is 28.2 Å². The Morgan fingerprint density at radius 1 is 1.07 bits per heavy atom. The van der Waals surface area contributed by atoms with E-state index in [-0.39, 0.29) is 9.47 Å². The molecule has 28 heavy (non-hydrogen) atoms. The van der Waals surface area contributed by atoms with E-state index < -0.39 is 10.0 Å². The highest BCUT2D eigenvalue weighted by Crippen LogP contribution is 2.23. The molecule has 0 bridgehead atoms. The summed E-state index contributed by atoms with van der Waals surface area (Å²) >= 11 is 0.828. The van der Waals surface area contributed by atoms with Crippen molar-refractivity contribution < 1.29 is 8.42 Å². The molecule has 0 saturated carbocycles. The van der Waals surface area contributed by atoms with E-state index >= 15 is 0 Å². The van der Waals surface area contributed by atoms with Gasteiger partial charge >= 0.3 is 0 Å².